The molecule has 25 heavy (non-hydrogen) atoms. The summed E-state index contributed by atoms with van der Waals surface area (Å²) in [5.74, 6) is -0.725. The van der Waals surface area contributed by atoms with Crippen molar-refractivity contribution in [1.82, 2.24) is 0 Å². The normalized spacial score (nSPS) is 12.6. The lowest BCUT2D eigenvalue weighted by atomic mass is 9.81. The van der Waals surface area contributed by atoms with Crippen LogP contribution in [0.25, 0.3) is 0 Å². The van der Waals surface area contributed by atoms with Gasteiger partial charge in [-0.1, -0.05) is 42.5 Å². The van der Waals surface area contributed by atoms with Crippen molar-refractivity contribution in [3.63, 3.8) is 0 Å². The van der Waals surface area contributed by atoms with E-state index in [4.69, 9.17) is 9.47 Å². The van der Waals surface area contributed by atoms with Crippen molar-refractivity contribution in [1.29, 1.82) is 5.26 Å². The molecule has 128 valence electrons. The van der Waals surface area contributed by atoms with Gasteiger partial charge in [-0.2, -0.15) is 5.26 Å². The van der Waals surface area contributed by atoms with Gasteiger partial charge in [0.1, 0.15) is 5.75 Å². The maximum Gasteiger partial charge on any atom is 0.330 e. The second kappa shape index (κ2) is 7.63. The molecular weight excluding hydrogens is 318 g/mol. The predicted molar refractivity (Wildman–Crippen MR) is 92.5 cm³/mol. The van der Waals surface area contributed by atoms with Gasteiger partial charge in [0, 0.05) is 11.1 Å². The number of methoxy groups -OCH3 is 1. The summed E-state index contributed by atoms with van der Waals surface area (Å²) < 4.78 is 10.5. The van der Waals surface area contributed by atoms with Crippen LogP contribution >= 0.6 is 0 Å². The van der Waals surface area contributed by atoms with Gasteiger partial charge in [-0.15, -0.1) is 0 Å². The van der Waals surface area contributed by atoms with Crippen LogP contribution in [0.15, 0.2) is 48.5 Å². The van der Waals surface area contributed by atoms with E-state index in [1.807, 2.05) is 12.1 Å². The molecule has 0 aliphatic carbocycles. The van der Waals surface area contributed by atoms with Crippen molar-refractivity contribution in [3.05, 3.63) is 65.2 Å². The molecular formula is C20H19NO4. The van der Waals surface area contributed by atoms with Gasteiger partial charge in [0.25, 0.3) is 0 Å². The number of nitriles is 1. The van der Waals surface area contributed by atoms with E-state index in [1.165, 1.54) is 14.0 Å². The average Bonchev–Trinajstić information content (AvgIpc) is 2.66. The van der Waals surface area contributed by atoms with Gasteiger partial charge in [0.2, 0.25) is 0 Å². The third-order valence-electron chi connectivity index (χ3n) is 3.95. The van der Waals surface area contributed by atoms with E-state index in [9.17, 15) is 14.9 Å². The lowest BCUT2D eigenvalue weighted by molar-refractivity contribution is -0.147. The van der Waals surface area contributed by atoms with Crippen LogP contribution in [0, 0.1) is 11.3 Å². The van der Waals surface area contributed by atoms with E-state index >= 15 is 0 Å². The third kappa shape index (κ3) is 3.38. The summed E-state index contributed by atoms with van der Waals surface area (Å²) in [6.45, 7) is 3.28. The highest BCUT2D eigenvalue weighted by atomic mass is 16.5. The Labute approximate surface area is 146 Å². The van der Waals surface area contributed by atoms with Gasteiger partial charge in [-0.3, -0.25) is 4.79 Å². The van der Waals surface area contributed by atoms with E-state index in [2.05, 4.69) is 0 Å². The SMILES string of the molecule is CCOC(=O)C(C)(C#N)c1cccc(C(=O)c2ccccc2)c1OC. The Balaban J connectivity index is 2.61. The first-order chi connectivity index (χ1) is 12.0. The van der Waals surface area contributed by atoms with E-state index < -0.39 is 11.4 Å². The summed E-state index contributed by atoms with van der Waals surface area (Å²) >= 11 is 0. The van der Waals surface area contributed by atoms with Crippen molar-refractivity contribution in [3.8, 4) is 11.8 Å². The zero-order valence-corrected chi connectivity index (χ0v) is 14.4. The van der Waals surface area contributed by atoms with Gasteiger partial charge in [-0.05, 0) is 19.9 Å². The fourth-order valence-corrected chi connectivity index (χ4v) is 2.57. The molecule has 0 saturated heterocycles. The summed E-state index contributed by atoms with van der Waals surface area (Å²) in [5, 5.41) is 9.61. The average molecular weight is 337 g/mol. The molecule has 0 saturated carbocycles. The first-order valence-corrected chi connectivity index (χ1v) is 7.85. The molecule has 0 N–H and O–H groups in total. The number of hydrogen-bond donors (Lipinski definition) is 0. The molecule has 0 spiro atoms. The number of rotatable bonds is 6. The molecule has 0 radical (unpaired) electrons. The zero-order chi connectivity index (χ0) is 18.4. The topological polar surface area (TPSA) is 76.4 Å². The Kier molecular flexibility index (Phi) is 5.56. The van der Waals surface area contributed by atoms with E-state index in [0.717, 1.165) is 0 Å². The first-order valence-electron chi connectivity index (χ1n) is 7.85. The molecule has 5 heteroatoms. The summed E-state index contributed by atoms with van der Waals surface area (Å²) in [5.41, 5.74) is -0.489. The summed E-state index contributed by atoms with van der Waals surface area (Å²) in [6.07, 6.45) is 0. The molecule has 0 amide bonds. The molecule has 0 fully saturated rings. The van der Waals surface area contributed by atoms with Crippen molar-refractivity contribution < 1.29 is 19.1 Å². The molecule has 0 heterocycles. The van der Waals surface area contributed by atoms with Gasteiger partial charge < -0.3 is 9.47 Å². The Bertz CT molecular complexity index is 823. The molecule has 0 bridgehead atoms. The fraction of sp³-hybridized carbons (Fsp3) is 0.250. The Morgan fingerprint density at radius 3 is 2.36 bits per heavy atom. The summed E-state index contributed by atoms with van der Waals surface area (Å²) in [6, 6.07) is 15.6. The highest BCUT2D eigenvalue weighted by Gasteiger charge is 2.40. The van der Waals surface area contributed by atoms with E-state index in [1.54, 1.807) is 49.4 Å². The monoisotopic (exact) mass is 337 g/mol. The van der Waals surface area contributed by atoms with Gasteiger partial charge in [0.05, 0.1) is 25.3 Å². The highest BCUT2D eigenvalue weighted by Crippen LogP contribution is 2.36. The lowest BCUT2D eigenvalue weighted by Gasteiger charge is -2.23. The number of carbonyl (C=O) groups excluding carboxylic acids is 2. The van der Waals surface area contributed by atoms with Crippen LogP contribution in [0.3, 0.4) is 0 Å². The number of hydrogen-bond acceptors (Lipinski definition) is 5. The van der Waals surface area contributed by atoms with Crippen molar-refractivity contribution in [2.24, 2.45) is 0 Å². The van der Waals surface area contributed by atoms with Gasteiger partial charge in [0.15, 0.2) is 11.2 Å². The Morgan fingerprint density at radius 2 is 1.80 bits per heavy atom. The third-order valence-corrected chi connectivity index (χ3v) is 3.95. The number of nitrogens with zero attached hydrogens (tertiary/aromatic N) is 1. The number of para-hydroxylation sites is 1. The van der Waals surface area contributed by atoms with Crippen LogP contribution in [-0.2, 0) is 14.9 Å². The maximum absolute atomic E-state index is 12.8. The predicted octanol–water partition coefficient (Wildman–Crippen LogP) is 3.27. The largest absolute Gasteiger partial charge is 0.496 e. The molecule has 2 aromatic carbocycles. The van der Waals surface area contributed by atoms with Crippen molar-refractivity contribution in [2.45, 2.75) is 19.3 Å². The Morgan fingerprint density at radius 1 is 1.12 bits per heavy atom. The van der Waals surface area contributed by atoms with Crippen LogP contribution in [-0.4, -0.2) is 25.5 Å². The van der Waals surface area contributed by atoms with Crippen LogP contribution in [0.5, 0.6) is 5.75 Å². The second-order valence-corrected chi connectivity index (χ2v) is 5.54. The van der Waals surface area contributed by atoms with Gasteiger partial charge in [-0.25, -0.2) is 4.79 Å². The minimum absolute atomic E-state index is 0.154. The van der Waals surface area contributed by atoms with Gasteiger partial charge >= 0.3 is 5.97 Å². The molecule has 0 aliphatic rings. The molecule has 0 aromatic heterocycles. The van der Waals surface area contributed by atoms with Crippen LogP contribution in [0.1, 0.15) is 35.3 Å². The molecule has 1 atom stereocenters. The molecule has 0 aliphatic heterocycles. The number of ether oxygens (including phenoxy) is 2. The first kappa shape index (κ1) is 18.2. The van der Waals surface area contributed by atoms with Crippen LogP contribution in [0.4, 0.5) is 0 Å². The highest BCUT2D eigenvalue weighted by molar-refractivity contribution is 6.11. The van der Waals surface area contributed by atoms with E-state index in [-0.39, 0.29) is 23.7 Å². The molecule has 2 aromatic rings. The minimum atomic E-state index is -1.58. The lowest BCUT2D eigenvalue weighted by Crippen LogP contribution is -2.33. The standard InChI is InChI=1S/C20H19NO4/c1-4-25-19(23)20(2,13-21)16-12-8-11-15(18(16)24-3)17(22)14-9-6-5-7-10-14/h5-12H,4H2,1-3H3. The van der Waals surface area contributed by atoms with Crippen LogP contribution < -0.4 is 4.74 Å². The molecule has 5 nitrogen and oxygen atoms in total. The second-order valence-electron chi connectivity index (χ2n) is 5.54. The maximum atomic E-state index is 12.8. The fourth-order valence-electron chi connectivity index (χ4n) is 2.57. The van der Waals surface area contributed by atoms with Crippen LogP contribution in [0.2, 0.25) is 0 Å². The zero-order valence-electron chi connectivity index (χ0n) is 14.4. The van der Waals surface area contributed by atoms with E-state index in [0.29, 0.717) is 11.1 Å². The quantitative estimate of drug-likeness (QED) is 0.597. The Hall–Kier alpha value is -3.13. The number of ketones is 1. The van der Waals surface area contributed by atoms with Crippen molar-refractivity contribution >= 4 is 11.8 Å². The minimum Gasteiger partial charge on any atom is -0.496 e. The van der Waals surface area contributed by atoms with Crippen molar-refractivity contribution in [2.75, 3.05) is 13.7 Å². The number of carbonyl (C=O) groups is 2. The smallest absolute Gasteiger partial charge is 0.330 e. The number of benzene rings is 2. The number of esters is 1. The summed E-state index contributed by atoms with van der Waals surface area (Å²) in [7, 11) is 1.41. The summed E-state index contributed by atoms with van der Waals surface area (Å²) in [4.78, 5) is 25.1. The molecule has 2 rings (SSSR count). The molecule has 1 unspecified atom stereocenters.